The SMILES string of the molecule is CNC(=N)NC(=N)N(C)CCc1ccoc1. The molecule has 0 saturated heterocycles. The molecule has 0 saturated carbocycles. The van der Waals surface area contributed by atoms with E-state index in [4.69, 9.17) is 15.2 Å². The van der Waals surface area contributed by atoms with Gasteiger partial charge in [0.05, 0.1) is 12.5 Å². The van der Waals surface area contributed by atoms with Crippen molar-refractivity contribution in [3.05, 3.63) is 24.2 Å². The van der Waals surface area contributed by atoms with Crippen LogP contribution in [-0.4, -0.2) is 37.5 Å². The zero-order valence-electron chi connectivity index (χ0n) is 9.50. The number of hydrogen-bond acceptors (Lipinski definition) is 3. The summed E-state index contributed by atoms with van der Waals surface area (Å²) in [7, 11) is 3.44. The summed E-state index contributed by atoms with van der Waals surface area (Å²) in [5.74, 6) is 0.308. The number of rotatable bonds is 3. The van der Waals surface area contributed by atoms with Crippen LogP contribution in [-0.2, 0) is 6.42 Å². The molecule has 0 aliphatic heterocycles. The van der Waals surface area contributed by atoms with Crippen molar-refractivity contribution in [2.45, 2.75) is 6.42 Å². The molecule has 0 unspecified atom stereocenters. The molecule has 0 radical (unpaired) electrons. The van der Waals surface area contributed by atoms with Crippen molar-refractivity contribution >= 4 is 11.9 Å². The van der Waals surface area contributed by atoms with E-state index in [1.54, 1.807) is 31.5 Å². The van der Waals surface area contributed by atoms with E-state index in [0.29, 0.717) is 6.54 Å². The van der Waals surface area contributed by atoms with Gasteiger partial charge < -0.3 is 14.6 Å². The van der Waals surface area contributed by atoms with E-state index in [2.05, 4.69) is 10.6 Å². The first kappa shape index (κ1) is 12.1. The zero-order valence-corrected chi connectivity index (χ0v) is 9.50. The van der Waals surface area contributed by atoms with Gasteiger partial charge in [-0.2, -0.15) is 0 Å². The Morgan fingerprint density at radius 2 is 2.25 bits per heavy atom. The average molecular weight is 223 g/mol. The van der Waals surface area contributed by atoms with Gasteiger partial charge in [-0.3, -0.25) is 16.1 Å². The van der Waals surface area contributed by atoms with Crippen LogP contribution in [0.3, 0.4) is 0 Å². The maximum atomic E-state index is 7.67. The molecule has 1 aromatic rings. The van der Waals surface area contributed by atoms with Crippen molar-refractivity contribution in [2.24, 2.45) is 0 Å². The van der Waals surface area contributed by atoms with Crippen LogP contribution in [0.4, 0.5) is 0 Å². The fourth-order valence-corrected chi connectivity index (χ4v) is 1.12. The smallest absolute Gasteiger partial charge is 0.197 e. The standard InChI is InChI=1S/C10H17N5O/c1-13-9(11)14-10(12)15(2)5-3-8-4-6-16-7-8/h4,6-7H,3,5H2,1-2H3,(H4,11,12,13,14). The van der Waals surface area contributed by atoms with Crippen molar-refractivity contribution in [1.82, 2.24) is 15.5 Å². The minimum atomic E-state index is 0.111. The second-order valence-corrected chi connectivity index (χ2v) is 3.40. The van der Waals surface area contributed by atoms with E-state index < -0.39 is 0 Å². The van der Waals surface area contributed by atoms with Gasteiger partial charge in [0, 0.05) is 20.6 Å². The molecule has 6 nitrogen and oxygen atoms in total. The Kier molecular flexibility index (Phi) is 4.38. The van der Waals surface area contributed by atoms with E-state index in [1.165, 1.54) is 0 Å². The first-order valence-electron chi connectivity index (χ1n) is 4.97. The highest BCUT2D eigenvalue weighted by Gasteiger charge is 2.05. The van der Waals surface area contributed by atoms with E-state index >= 15 is 0 Å². The van der Waals surface area contributed by atoms with Crippen LogP contribution in [0.1, 0.15) is 5.56 Å². The second kappa shape index (κ2) is 5.79. The molecule has 6 heteroatoms. The lowest BCUT2D eigenvalue weighted by Gasteiger charge is -2.20. The highest BCUT2D eigenvalue weighted by molar-refractivity contribution is 5.95. The van der Waals surface area contributed by atoms with E-state index in [-0.39, 0.29) is 11.9 Å². The third-order valence-corrected chi connectivity index (χ3v) is 2.19. The summed E-state index contributed by atoms with van der Waals surface area (Å²) in [6, 6.07) is 1.90. The number of furan rings is 1. The first-order chi connectivity index (χ1) is 7.63. The van der Waals surface area contributed by atoms with Crippen molar-refractivity contribution in [1.29, 1.82) is 10.8 Å². The predicted molar refractivity (Wildman–Crippen MR) is 62.7 cm³/mol. The lowest BCUT2D eigenvalue weighted by Crippen LogP contribution is -2.45. The van der Waals surface area contributed by atoms with Crippen molar-refractivity contribution in [3.63, 3.8) is 0 Å². The van der Waals surface area contributed by atoms with Crippen molar-refractivity contribution in [2.75, 3.05) is 20.6 Å². The van der Waals surface area contributed by atoms with E-state index in [1.807, 2.05) is 6.07 Å². The van der Waals surface area contributed by atoms with Gasteiger partial charge in [-0.15, -0.1) is 0 Å². The summed E-state index contributed by atoms with van der Waals surface area (Å²) in [6.07, 6.45) is 4.14. The largest absolute Gasteiger partial charge is 0.472 e. The number of nitrogens with one attached hydrogen (secondary N) is 4. The minimum absolute atomic E-state index is 0.111. The summed E-state index contributed by atoms with van der Waals surface area (Å²) >= 11 is 0. The molecule has 0 amide bonds. The Morgan fingerprint density at radius 1 is 1.50 bits per heavy atom. The quantitative estimate of drug-likeness (QED) is 0.442. The van der Waals surface area contributed by atoms with Gasteiger partial charge in [0.1, 0.15) is 0 Å². The maximum absolute atomic E-state index is 7.67. The lowest BCUT2D eigenvalue weighted by molar-refractivity contribution is 0.489. The van der Waals surface area contributed by atoms with Crippen LogP contribution >= 0.6 is 0 Å². The van der Waals surface area contributed by atoms with Gasteiger partial charge in [0.15, 0.2) is 11.9 Å². The van der Waals surface area contributed by atoms with Crippen LogP contribution in [0, 0.1) is 10.8 Å². The molecule has 0 atom stereocenters. The second-order valence-electron chi connectivity index (χ2n) is 3.40. The molecule has 0 fully saturated rings. The molecular weight excluding hydrogens is 206 g/mol. The summed E-state index contributed by atoms with van der Waals surface area (Å²) in [5.41, 5.74) is 1.10. The Morgan fingerprint density at radius 3 is 2.81 bits per heavy atom. The number of nitrogens with zero attached hydrogens (tertiary/aromatic N) is 1. The zero-order chi connectivity index (χ0) is 12.0. The topological polar surface area (TPSA) is 88.1 Å². The fraction of sp³-hybridized carbons (Fsp3) is 0.400. The molecule has 88 valence electrons. The van der Waals surface area contributed by atoms with Crippen molar-refractivity contribution < 1.29 is 4.42 Å². The fourth-order valence-electron chi connectivity index (χ4n) is 1.12. The average Bonchev–Trinajstić information content (AvgIpc) is 2.78. The molecule has 0 aliphatic rings. The van der Waals surface area contributed by atoms with Gasteiger partial charge in [0.25, 0.3) is 0 Å². The predicted octanol–water partition coefficient (Wildman–Crippen LogP) is 0.432. The van der Waals surface area contributed by atoms with Crippen molar-refractivity contribution in [3.8, 4) is 0 Å². The van der Waals surface area contributed by atoms with E-state index in [9.17, 15) is 0 Å². The molecule has 0 spiro atoms. The summed E-state index contributed by atoms with van der Waals surface area (Å²) in [5, 5.41) is 20.2. The van der Waals surface area contributed by atoms with Crippen LogP contribution in [0.15, 0.2) is 23.0 Å². The van der Waals surface area contributed by atoms with Crippen LogP contribution in [0.2, 0.25) is 0 Å². The third-order valence-electron chi connectivity index (χ3n) is 2.19. The molecule has 0 aromatic carbocycles. The van der Waals surface area contributed by atoms with Crippen LogP contribution in [0.5, 0.6) is 0 Å². The highest BCUT2D eigenvalue weighted by Crippen LogP contribution is 2.01. The molecule has 1 heterocycles. The van der Waals surface area contributed by atoms with E-state index in [0.717, 1.165) is 12.0 Å². The summed E-state index contributed by atoms with van der Waals surface area (Å²) in [4.78, 5) is 1.74. The maximum Gasteiger partial charge on any atom is 0.197 e. The molecular formula is C10H17N5O. The third kappa shape index (κ3) is 3.64. The number of hydrogen-bond donors (Lipinski definition) is 4. The van der Waals surface area contributed by atoms with Gasteiger partial charge in [-0.1, -0.05) is 0 Å². The Balaban J connectivity index is 2.31. The Hall–Kier alpha value is -1.98. The first-order valence-corrected chi connectivity index (χ1v) is 4.97. The Labute approximate surface area is 94.6 Å². The normalized spacial score (nSPS) is 9.62. The monoisotopic (exact) mass is 223 g/mol. The van der Waals surface area contributed by atoms with Gasteiger partial charge in [0.2, 0.25) is 0 Å². The van der Waals surface area contributed by atoms with Gasteiger partial charge in [-0.05, 0) is 18.1 Å². The molecule has 16 heavy (non-hydrogen) atoms. The van der Waals surface area contributed by atoms with Gasteiger partial charge >= 0.3 is 0 Å². The number of guanidine groups is 2. The van der Waals surface area contributed by atoms with Gasteiger partial charge in [-0.25, -0.2) is 0 Å². The highest BCUT2D eigenvalue weighted by atomic mass is 16.3. The molecule has 4 N–H and O–H groups in total. The number of likely N-dealkylation sites (N-methyl/N-ethyl adjacent to an activating group) is 1. The molecule has 1 rings (SSSR count). The van der Waals surface area contributed by atoms with Crippen LogP contribution < -0.4 is 10.6 Å². The summed E-state index contributed by atoms with van der Waals surface area (Å²) < 4.78 is 4.96. The minimum Gasteiger partial charge on any atom is -0.472 e. The van der Waals surface area contributed by atoms with Crippen LogP contribution in [0.25, 0.3) is 0 Å². The summed E-state index contributed by atoms with van der Waals surface area (Å²) in [6.45, 7) is 0.697. The lowest BCUT2D eigenvalue weighted by atomic mass is 10.2. The Bertz CT molecular complexity index is 346. The molecule has 0 bridgehead atoms. The molecule has 1 aromatic heterocycles. The molecule has 0 aliphatic carbocycles.